The lowest BCUT2D eigenvalue weighted by molar-refractivity contribution is 0.00578. The molecule has 1 saturated heterocycles. The van der Waals surface area contributed by atoms with Gasteiger partial charge in [-0.3, -0.25) is 0 Å². The van der Waals surface area contributed by atoms with Crippen molar-refractivity contribution in [1.29, 1.82) is 0 Å². The van der Waals surface area contributed by atoms with Crippen LogP contribution in [-0.4, -0.2) is 18.3 Å². The van der Waals surface area contributed by atoms with Gasteiger partial charge in [-0.05, 0) is 50.9 Å². The summed E-state index contributed by atoms with van der Waals surface area (Å²) in [5, 5.41) is 0.885. The number of rotatable bonds is 4. The van der Waals surface area contributed by atoms with E-state index in [0.717, 1.165) is 11.0 Å². The minimum Gasteiger partial charge on any atom is -0.487 e. The summed E-state index contributed by atoms with van der Waals surface area (Å²) in [5.41, 5.74) is 1.17. The van der Waals surface area contributed by atoms with E-state index >= 15 is 0 Å². The molecular formula is C19H21BCl2O3. The topological polar surface area (TPSA) is 27.7 Å². The summed E-state index contributed by atoms with van der Waals surface area (Å²) >= 11 is 12.2. The first-order chi connectivity index (χ1) is 11.7. The Kier molecular flexibility index (Phi) is 5.09. The Hall–Kier alpha value is -1.20. The van der Waals surface area contributed by atoms with Crippen molar-refractivity contribution in [2.75, 3.05) is 0 Å². The molecule has 25 heavy (non-hydrogen) atoms. The zero-order valence-electron chi connectivity index (χ0n) is 14.8. The zero-order chi connectivity index (χ0) is 18.2. The van der Waals surface area contributed by atoms with Crippen molar-refractivity contribution >= 4 is 35.8 Å². The van der Waals surface area contributed by atoms with E-state index in [9.17, 15) is 0 Å². The van der Waals surface area contributed by atoms with E-state index in [-0.39, 0.29) is 11.2 Å². The molecule has 0 aromatic heterocycles. The minimum atomic E-state index is -0.431. The van der Waals surface area contributed by atoms with Crippen LogP contribution in [0.25, 0.3) is 0 Å². The molecule has 1 heterocycles. The van der Waals surface area contributed by atoms with Crippen LogP contribution in [0.3, 0.4) is 0 Å². The number of halogens is 2. The third-order valence-electron chi connectivity index (χ3n) is 4.86. The molecule has 0 radical (unpaired) electrons. The van der Waals surface area contributed by atoms with E-state index < -0.39 is 7.12 Å². The lowest BCUT2D eigenvalue weighted by Crippen LogP contribution is -2.41. The molecule has 3 nitrogen and oxygen atoms in total. The predicted octanol–water partition coefficient (Wildman–Crippen LogP) is 4.87. The summed E-state index contributed by atoms with van der Waals surface area (Å²) in [7, 11) is -0.431. The normalized spacial score (nSPS) is 18.4. The Morgan fingerprint density at radius 1 is 0.920 bits per heavy atom. The van der Waals surface area contributed by atoms with Gasteiger partial charge in [0.1, 0.15) is 17.4 Å². The standard InChI is InChI=1S/C19H21BCl2O3/c1-18(2)19(3,4)25-20(24-18)14-9-6-5-8-13(14)12-23-16-11-7-10-15(21)17(16)22/h5-11H,12H2,1-4H3. The minimum absolute atomic E-state index is 0.348. The van der Waals surface area contributed by atoms with Gasteiger partial charge in [-0.15, -0.1) is 0 Å². The molecule has 1 aliphatic rings. The second-order valence-electron chi connectivity index (χ2n) is 7.13. The van der Waals surface area contributed by atoms with E-state index in [2.05, 4.69) is 0 Å². The SMILES string of the molecule is CC1(C)OB(c2ccccc2COc2cccc(Cl)c2Cl)OC1(C)C. The van der Waals surface area contributed by atoms with Gasteiger partial charge < -0.3 is 14.0 Å². The van der Waals surface area contributed by atoms with Gasteiger partial charge in [0.25, 0.3) is 0 Å². The third kappa shape index (κ3) is 3.68. The molecule has 6 heteroatoms. The second kappa shape index (κ2) is 6.84. The molecular weight excluding hydrogens is 358 g/mol. The Bertz CT molecular complexity index is 761. The Labute approximate surface area is 159 Å². The van der Waals surface area contributed by atoms with Gasteiger partial charge in [0.15, 0.2) is 0 Å². The van der Waals surface area contributed by atoms with E-state index in [0.29, 0.717) is 22.4 Å². The van der Waals surface area contributed by atoms with Crippen molar-refractivity contribution in [2.24, 2.45) is 0 Å². The average Bonchev–Trinajstić information content (AvgIpc) is 2.77. The molecule has 2 aromatic rings. The molecule has 132 valence electrons. The summed E-state index contributed by atoms with van der Waals surface area (Å²) in [6.45, 7) is 8.51. The summed E-state index contributed by atoms with van der Waals surface area (Å²) in [4.78, 5) is 0. The average molecular weight is 379 g/mol. The Morgan fingerprint density at radius 2 is 1.56 bits per heavy atom. The van der Waals surface area contributed by atoms with Crippen LogP contribution < -0.4 is 10.2 Å². The first-order valence-corrected chi connectivity index (χ1v) is 8.97. The maximum Gasteiger partial charge on any atom is 0.495 e. The van der Waals surface area contributed by atoms with Crippen molar-refractivity contribution in [3.8, 4) is 5.75 Å². The van der Waals surface area contributed by atoms with E-state index in [1.54, 1.807) is 12.1 Å². The smallest absolute Gasteiger partial charge is 0.487 e. The number of hydrogen-bond donors (Lipinski definition) is 0. The molecule has 0 atom stereocenters. The predicted molar refractivity (Wildman–Crippen MR) is 103 cm³/mol. The second-order valence-corrected chi connectivity index (χ2v) is 7.91. The molecule has 0 unspecified atom stereocenters. The number of ether oxygens (including phenoxy) is 1. The number of benzene rings is 2. The maximum absolute atomic E-state index is 6.19. The first-order valence-electron chi connectivity index (χ1n) is 8.21. The van der Waals surface area contributed by atoms with Crippen molar-refractivity contribution < 1.29 is 14.0 Å². The Balaban J connectivity index is 1.82. The summed E-state index contributed by atoms with van der Waals surface area (Å²) in [5.74, 6) is 0.554. The van der Waals surface area contributed by atoms with E-state index in [1.165, 1.54) is 0 Å². The maximum atomic E-state index is 6.19. The molecule has 0 aliphatic carbocycles. The van der Waals surface area contributed by atoms with Gasteiger partial charge in [-0.25, -0.2) is 0 Å². The molecule has 1 fully saturated rings. The van der Waals surface area contributed by atoms with Gasteiger partial charge in [-0.1, -0.05) is 53.5 Å². The molecule has 0 N–H and O–H groups in total. The fraction of sp³-hybridized carbons (Fsp3) is 0.368. The quantitative estimate of drug-likeness (QED) is 0.710. The van der Waals surface area contributed by atoms with Crippen molar-refractivity contribution in [1.82, 2.24) is 0 Å². The summed E-state index contributed by atoms with van der Waals surface area (Å²) < 4.78 is 18.2. The van der Waals surface area contributed by atoms with Crippen LogP contribution in [-0.2, 0) is 15.9 Å². The van der Waals surface area contributed by atoms with Crippen molar-refractivity contribution in [3.63, 3.8) is 0 Å². The van der Waals surface area contributed by atoms with E-state index in [4.69, 9.17) is 37.2 Å². The van der Waals surface area contributed by atoms with Crippen LogP contribution in [0, 0.1) is 0 Å². The molecule has 2 aromatic carbocycles. The van der Waals surface area contributed by atoms with Crippen LogP contribution in [0.2, 0.25) is 10.0 Å². The monoisotopic (exact) mass is 378 g/mol. The molecule has 0 bridgehead atoms. The van der Waals surface area contributed by atoms with Gasteiger partial charge in [0, 0.05) is 0 Å². The highest BCUT2D eigenvalue weighted by Gasteiger charge is 2.52. The molecule has 0 saturated carbocycles. The fourth-order valence-electron chi connectivity index (χ4n) is 2.62. The largest absolute Gasteiger partial charge is 0.495 e. The third-order valence-corrected chi connectivity index (χ3v) is 5.66. The highest BCUT2D eigenvalue weighted by Crippen LogP contribution is 2.37. The highest BCUT2D eigenvalue weighted by atomic mass is 35.5. The first kappa shape index (κ1) is 18.6. The van der Waals surface area contributed by atoms with Gasteiger partial charge in [0.05, 0.1) is 16.2 Å². The molecule has 0 amide bonds. The Morgan fingerprint density at radius 3 is 2.24 bits per heavy atom. The van der Waals surface area contributed by atoms with Crippen LogP contribution in [0.4, 0.5) is 0 Å². The summed E-state index contributed by atoms with van der Waals surface area (Å²) in [6, 6.07) is 13.3. The molecule has 0 spiro atoms. The molecule has 3 rings (SSSR count). The number of hydrogen-bond acceptors (Lipinski definition) is 3. The molecule has 1 aliphatic heterocycles. The van der Waals surface area contributed by atoms with Crippen molar-refractivity contribution in [3.05, 3.63) is 58.1 Å². The van der Waals surface area contributed by atoms with Crippen LogP contribution >= 0.6 is 23.2 Å². The lowest BCUT2D eigenvalue weighted by Gasteiger charge is -2.32. The van der Waals surface area contributed by atoms with Crippen molar-refractivity contribution in [2.45, 2.75) is 45.5 Å². The zero-order valence-corrected chi connectivity index (χ0v) is 16.3. The van der Waals surface area contributed by atoms with Gasteiger partial charge >= 0.3 is 7.12 Å². The lowest BCUT2D eigenvalue weighted by atomic mass is 9.76. The van der Waals surface area contributed by atoms with Crippen LogP contribution in [0.15, 0.2) is 42.5 Å². The highest BCUT2D eigenvalue weighted by molar-refractivity contribution is 6.62. The van der Waals surface area contributed by atoms with Gasteiger partial charge in [-0.2, -0.15) is 0 Å². The van der Waals surface area contributed by atoms with Crippen LogP contribution in [0.5, 0.6) is 5.75 Å². The fourth-order valence-corrected chi connectivity index (χ4v) is 2.96. The van der Waals surface area contributed by atoms with Gasteiger partial charge in [0.2, 0.25) is 0 Å². The van der Waals surface area contributed by atoms with E-state index in [1.807, 2.05) is 58.0 Å². The van der Waals surface area contributed by atoms with Crippen LogP contribution in [0.1, 0.15) is 33.3 Å². The summed E-state index contributed by atoms with van der Waals surface area (Å²) in [6.07, 6.45) is 0.